The van der Waals surface area contributed by atoms with Gasteiger partial charge in [-0.2, -0.15) is 0 Å². The molecule has 0 radical (unpaired) electrons. The molecule has 0 unspecified atom stereocenters. The Balaban J connectivity index is 0.000000159. The zero-order valence-electron chi connectivity index (χ0n) is 53.4. The molecular weight excluding hydrogens is 1010 g/mol. The molecule has 11 aromatic carbocycles. The van der Waals surface area contributed by atoms with Gasteiger partial charge in [0.05, 0.1) is 0 Å². The first-order valence-corrected chi connectivity index (χ1v) is 29.8. The minimum atomic E-state index is 0.151. The Bertz CT molecular complexity index is 3680. The summed E-state index contributed by atoms with van der Waals surface area (Å²) in [6, 6.07) is 94.2. The van der Waals surface area contributed by atoms with Crippen molar-refractivity contribution in [3.05, 3.63) is 345 Å². The molecule has 0 atom stereocenters. The van der Waals surface area contributed by atoms with E-state index in [1.807, 2.05) is 18.2 Å². The molecule has 84 heavy (non-hydrogen) atoms. The van der Waals surface area contributed by atoms with E-state index in [2.05, 4.69) is 360 Å². The van der Waals surface area contributed by atoms with E-state index in [4.69, 9.17) is 0 Å². The lowest BCUT2D eigenvalue weighted by atomic mass is 9.82. The van der Waals surface area contributed by atoms with Crippen molar-refractivity contribution in [2.24, 2.45) is 0 Å². The summed E-state index contributed by atoms with van der Waals surface area (Å²) in [5.74, 6) is 0. The molecule has 0 saturated carbocycles. The summed E-state index contributed by atoms with van der Waals surface area (Å²) in [5.41, 5.74) is 30.2. The van der Waals surface area contributed by atoms with Crippen molar-refractivity contribution in [1.29, 1.82) is 0 Å². The van der Waals surface area contributed by atoms with Crippen LogP contribution in [-0.4, -0.2) is 0 Å². The standard InChI is InChI=1S/C16H16.3C13H12.C11H16.C10H14.C8H10/c1-11-8-9-13-12-6-4-5-7-14(12)16(2,3)15(13)10-11;1-11-7-5-6-10-13(11)12-8-3-2-4-9-12;1-11-6-5-9-13(10-11)12-7-3-2-4-8-12;1-11-7-9-13(10-8-11)12-5-3-2-4-6-12;1-9-5-7-10(8-6-9)11(2,3)4;1-7-5-8(2)10(4)9(3)6-7;1-7-3-5-8(2)6-4-7/h4-10H,1-3H3;3*2-10H,1H3;5-8H,1-4H3;5-6H,1-4H3;3-6H,1-2H3. The van der Waals surface area contributed by atoms with Crippen LogP contribution in [0.15, 0.2) is 267 Å². The highest BCUT2D eigenvalue weighted by molar-refractivity contribution is 5.81. The highest BCUT2D eigenvalue weighted by Crippen LogP contribution is 2.48. The first-order chi connectivity index (χ1) is 40.1. The molecule has 1 aliphatic carbocycles. The van der Waals surface area contributed by atoms with Crippen LogP contribution in [0.2, 0.25) is 0 Å². The molecular formula is C84H92. The molecule has 0 aromatic heterocycles. The molecule has 0 heteroatoms. The van der Waals surface area contributed by atoms with Crippen molar-refractivity contribution < 1.29 is 0 Å². The van der Waals surface area contributed by atoms with E-state index in [9.17, 15) is 0 Å². The van der Waals surface area contributed by atoms with Crippen molar-refractivity contribution in [3.8, 4) is 44.5 Å². The monoisotopic (exact) mass is 1100 g/mol. The molecule has 0 N–H and O–H groups in total. The molecule has 1 aliphatic rings. The summed E-state index contributed by atoms with van der Waals surface area (Å²) in [7, 11) is 0. The average molecular weight is 1100 g/mol. The lowest BCUT2D eigenvalue weighted by Crippen LogP contribution is -2.14. The van der Waals surface area contributed by atoms with Gasteiger partial charge >= 0.3 is 0 Å². The van der Waals surface area contributed by atoms with Gasteiger partial charge < -0.3 is 0 Å². The Morgan fingerprint density at radius 3 is 1.10 bits per heavy atom. The number of benzene rings is 11. The van der Waals surface area contributed by atoms with E-state index < -0.39 is 0 Å². The number of aryl methyl sites for hydroxylation is 10. The highest BCUT2D eigenvalue weighted by Gasteiger charge is 2.34. The zero-order valence-corrected chi connectivity index (χ0v) is 53.4. The quantitative estimate of drug-likeness (QED) is 0.165. The van der Waals surface area contributed by atoms with Crippen LogP contribution in [0.3, 0.4) is 0 Å². The SMILES string of the molecule is Cc1cc(C)c(C)c(C)c1.Cc1ccc(-c2ccccc2)cc1.Cc1ccc(C(C)(C)C)cc1.Cc1ccc(C)cc1.Cc1ccc2c(c1)C(C)(C)c1ccccc1-2.Cc1cccc(-c2ccccc2)c1.Cc1ccccc1-c1ccccc1. The molecule has 12 rings (SSSR count). The van der Waals surface area contributed by atoms with Crippen LogP contribution >= 0.6 is 0 Å². The second-order valence-corrected chi connectivity index (χ2v) is 24.2. The van der Waals surface area contributed by atoms with Gasteiger partial charge in [0, 0.05) is 5.41 Å². The maximum atomic E-state index is 2.33. The second-order valence-electron chi connectivity index (χ2n) is 24.2. The fourth-order valence-electron chi connectivity index (χ4n) is 10.1. The van der Waals surface area contributed by atoms with Crippen LogP contribution in [0.5, 0.6) is 0 Å². The van der Waals surface area contributed by atoms with Crippen molar-refractivity contribution >= 4 is 0 Å². The normalized spacial score (nSPS) is 11.2. The lowest BCUT2D eigenvalue weighted by molar-refractivity contribution is 0.590. The largest absolute Gasteiger partial charge is 0.0622 e. The predicted molar refractivity (Wildman–Crippen MR) is 370 cm³/mol. The molecule has 0 heterocycles. The second kappa shape index (κ2) is 31.2. The molecule has 0 nitrogen and oxygen atoms in total. The Kier molecular flexibility index (Phi) is 24.0. The smallest absolute Gasteiger partial charge is 0.0158 e. The fraction of sp³-hybridized carbons (Fsp3) is 0.214. The van der Waals surface area contributed by atoms with Crippen LogP contribution in [0.4, 0.5) is 0 Å². The van der Waals surface area contributed by atoms with Gasteiger partial charge in [-0.3, -0.25) is 0 Å². The van der Waals surface area contributed by atoms with Gasteiger partial charge in [-0.15, -0.1) is 0 Å². The maximum Gasteiger partial charge on any atom is 0.0158 e. The van der Waals surface area contributed by atoms with E-state index in [1.54, 1.807) is 0 Å². The summed E-state index contributed by atoms with van der Waals surface area (Å²) in [6.45, 7) is 34.8. The van der Waals surface area contributed by atoms with Gasteiger partial charge in [-0.05, 0) is 165 Å². The van der Waals surface area contributed by atoms with Crippen LogP contribution in [0, 0.1) is 76.2 Å². The summed E-state index contributed by atoms with van der Waals surface area (Å²) in [6.07, 6.45) is 0. The first-order valence-electron chi connectivity index (χ1n) is 29.8. The molecule has 11 aromatic rings. The predicted octanol–water partition coefficient (Wildman–Crippen LogP) is 23.8. The summed E-state index contributed by atoms with van der Waals surface area (Å²) in [4.78, 5) is 0. The van der Waals surface area contributed by atoms with Crippen molar-refractivity contribution in [2.45, 2.75) is 122 Å². The topological polar surface area (TPSA) is 0 Å². The maximum absolute atomic E-state index is 2.33. The molecule has 0 aliphatic heterocycles. The van der Waals surface area contributed by atoms with Gasteiger partial charge in [-0.1, -0.05) is 340 Å². The summed E-state index contributed by atoms with van der Waals surface area (Å²) >= 11 is 0. The molecule has 0 bridgehead atoms. The molecule has 0 saturated heterocycles. The minimum absolute atomic E-state index is 0.151. The molecule has 0 fully saturated rings. The molecule has 0 amide bonds. The highest BCUT2D eigenvalue weighted by atomic mass is 14.4. The van der Waals surface area contributed by atoms with Gasteiger partial charge in [0.25, 0.3) is 0 Å². The fourth-order valence-corrected chi connectivity index (χ4v) is 10.1. The Labute approximate surface area is 508 Å². The van der Waals surface area contributed by atoms with Crippen LogP contribution in [0.1, 0.15) is 113 Å². The van der Waals surface area contributed by atoms with Crippen molar-refractivity contribution in [2.75, 3.05) is 0 Å². The molecule has 428 valence electrons. The van der Waals surface area contributed by atoms with Gasteiger partial charge in [0.2, 0.25) is 0 Å². The minimum Gasteiger partial charge on any atom is -0.0622 e. The Morgan fingerprint density at radius 1 is 0.238 bits per heavy atom. The van der Waals surface area contributed by atoms with Gasteiger partial charge in [0.1, 0.15) is 0 Å². The third-order valence-corrected chi connectivity index (χ3v) is 15.5. The van der Waals surface area contributed by atoms with E-state index in [0.29, 0.717) is 0 Å². The van der Waals surface area contributed by atoms with Crippen LogP contribution in [-0.2, 0) is 10.8 Å². The van der Waals surface area contributed by atoms with Gasteiger partial charge in [-0.25, -0.2) is 0 Å². The Morgan fingerprint density at radius 2 is 0.607 bits per heavy atom. The number of fused-ring (bicyclic) bond motifs is 3. The van der Waals surface area contributed by atoms with Gasteiger partial charge in [0.15, 0.2) is 0 Å². The number of rotatable bonds is 3. The van der Waals surface area contributed by atoms with E-state index >= 15 is 0 Å². The lowest BCUT2D eigenvalue weighted by Gasteiger charge is -2.21. The van der Waals surface area contributed by atoms with E-state index in [0.717, 1.165) is 0 Å². The van der Waals surface area contributed by atoms with E-state index in [-0.39, 0.29) is 10.8 Å². The van der Waals surface area contributed by atoms with Crippen LogP contribution in [0.25, 0.3) is 44.5 Å². The third kappa shape index (κ3) is 19.5. The van der Waals surface area contributed by atoms with Crippen molar-refractivity contribution in [3.63, 3.8) is 0 Å². The summed E-state index contributed by atoms with van der Waals surface area (Å²) in [5, 5.41) is 0. The third-order valence-electron chi connectivity index (χ3n) is 15.5. The average Bonchev–Trinajstić information content (AvgIpc) is 2.89. The molecule has 0 spiro atoms. The Hall–Kier alpha value is -8.58. The van der Waals surface area contributed by atoms with E-state index in [1.165, 1.54) is 122 Å². The van der Waals surface area contributed by atoms with Crippen molar-refractivity contribution in [1.82, 2.24) is 0 Å². The number of hydrogen-bond donors (Lipinski definition) is 0. The van der Waals surface area contributed by atoms with Crippen LogP contribution < -0.4 is 0 Å². The number of hydrogen-bond acceptors (Lipinski definition) is 0. The summed E-state index contributed by atoms with van der Waals surface area (Å²) < 4.78 is 0. The zero-order chi connectivity index (χ0) is 60.8. The first kappa shape index (κ1) is 64.6.